The van der Waals surface area contributed by atoms with Crippen molar-refractivity contribution < 1.29 is 14.4 Å². The van der Waals surface area contributed by atoms with Crippen molar-refractivity contribution in [3.05, 3.63) is 57.1 Å². The van der Waals surface area contributed by atoms with E-state index in [0.29, 0.717) is 16.8 Å². The van der Waals surface area contributed by atoms with Gasteiger partial charge in [0.15, 0.2) is 5.78 Å². The molecule has 0 aliphatic heterocycles. The number of ketones is 1. The van der Waals surface area contributed by atoms with E-state index in [9.17, 15) is 9.59 Å². The van der Waals surface area contributed by atoms with E-state index in [1.54, 1.807) is 31.2 Å². The average Bonchev–Trinajstić information content (AvgIpc) is 2.42. The minimum Gasteiger partial charge on any atom is -0.312 e. The molecule has 0 atom stereocenters. The van der Waals surface area contributed by atoms with E-state index in [0.717, 1.165) is 4.47 Å². The van der Waals surface area contributed by atoms with Gasteiger partial charge in [0.1, 0.15) is 5.71 Å². The van der Waals surface area contributed by atoms with E-state index in [-0.39, 0.29) is 10.8 Å². The summed E-state index contributed by atoms with van der Waals surface area (Å²) in [4.78, 5) is 27.9. The Hall–Kier alpha value is -1.72. The smallest absolute Gasteiger partial charge is 0.312 e. The molecule has 1 aromatic carbocycles. The maximum Gasteiger partial charge on any atom is 0.365 e. The molecule has 102 valence electrons. The van der Waals surface area contributed by atoms with Gasteiger partial charge in [-0.05, 0) is 48.9 Å². The molecule has 0 amide bonds. The summed E-state index contributed by atoms with van der Waals surface area (Å²) < 4.78 is 0.861. The SMILES string of the molecule is CC1=CC(=O)C(Cl)=C/C1=N\OC(=O)c1ccc(Br)cc1. The monoisotopic (exact) mass is 353 g/mol. The third kappa shape index (κ3) is 3.43. The molecule has 0 heterocycles. The van der Waals surface area contributed by atoms with Crippen LogP contribution in [0.2, 0.25) is 0 Å². The molecule has 1 aliphatic rings. The Kier molecular flexibility index (Phi) is 4.52. The fourth-order valence-corrected chi connectivity index (χ4v) is 1.89. The molecule has 0 saturated carbocycles. The second kappa shape index (κ2) is 6.15. The summed E-state index contributed by atoms with van der Waals surface area (Å²) in [7, 11) is 0. The summed E-state index contributed by atoms with van der Waals surface area (Å²) in [6, 6.07) is 6.68. The van der Waals surface area contributed by atoms with Crippen molar-refractivity contribution in [2.24, 2.45) is 5.16 Å². The highest BCUT2D eigenvalue weighted by molar-refractivity contribution is 9.10. The van der Waals surface area contributed by atoms with Crippen LogP contribution in [-0.2, 0) is 9.63 Å². The molecule has 0 unspecified atom stereocenters. The van der Waals surface area contributed by atoms with Crippen LogP contribution in [0.5, 0.6) is 0 Å². The third-order valence-corrected chi connectivity index (χ3v) is 3.38. The summed E-state index contributed by atoms with van der Waals surface area (Å²) in [6.45, 7) is 1.68. The predicted molar refractivity (Wildman–Crippen MR) is 79.7 cm³/mol. The van der Waals surface area contributed by atoms with E-state index in [2.05, 4.69) is 21.1 Å². The van der Waals surface area contributed by atoms with Crippen LogP contribution in [0.1, 0.15) is 17.3 Å². The van der Waals surface area contributed by atoms with E-state index in [1.165, 1.54) is 12.2 Å². The predicted octanol–water partition coefficient (Wildman–Crippen LogP) is 3.61. The summed E-state index contributed by atoms with van der Waals surface area (Å²) in [5, 5.41) is 3.76. The zero-order valence-electron chi connectivity index (χ0n) is 10.4. The molecule has 0 spiro atoms. The molecule has 4 nitrogen and oxygen atoms in total. The molecule has 0 saturated heterocycles. The quantitative estimate of drug-likeness (QED) is 0.463. The Bertz CT molecular complexity index is 660. The van der Waals surface area contributed by atoms with Gasteiger partial charge in [0.2, 0.25) is 0 Å². The molecule has 0 aromatic heterocycles. The lowest BCUT2D eigenvalue weighted by Gasteiger charge is -2.07. The Morgan fingerprint density at radius 1 is 1.25 bits per heavy atom. The Morgan fingerprint density at radius 3 is 2.55 bits per heavy atom. The lowest BCUT2D eigenvalue weighted by molar-refractivity contribution is -0.110. The van der Waals surface area contributed by atoms with Crippen molar-refractivity contribution in [2.75, 3.05) is 0 Å². The van der Waals surface area contributed by atoms with Crippen LogP contribution in [0.4, 0.5) is 0 Å². The maximum atomic E-state index is 11.8. The van der Waals surface area contributed by atoms with Gasteiger partial charge in [0.05, 0.1) is 10.6 Å². The van der Waals surface area contributed by atoms with Gasteiger partial charge in [-0.2, -0.15) is 0 Å². The lowest BCUT2D eigenvalue weighted by atomic mass is 10.1. The largest absolute Gasteiger partial charge is 0.365 e. The first kappa shape index (κ1) is 14.7. The van der Waals surface area contributed by atoms with E-state index < -0.39 is 5.97 Å². The normalized spacial score (nSPS) is 16.8. The summed E-state index contributed by atoms with van der Waals surface area (Å²) in [5.41, 5.74) is 1.31. The van der Waals surface area contributed by atoms with Gasteiger partial charge in [-0.1, -0.05) is 32.7 Å². The zero-order chi connectivity index (χ0) is 14.7. The second-order valence-electron chi connectivity index (χ2n) is 4.05. The number of hydrogen-bond donors (Lipinski definition) is 0. The first-order valence-electron chi connectivity index (χ1n) is 5.62. The maximum absolute atomic E-state index is 11.8. The first-order chi connectivity index (χ1) is 9.47. The van der Waals surface area contributed by atoms with Crippen LogP contribution in [0.15, 0.2) is 56.7 Å². The van der Waals surface area contributed by atoms with Gasteiger partial charge in [-0.15, -0.1) is 0 Å². The highest BCUT2D eigenvalue weighted by Gasteiger charge is 2.15. The van der Waals surface area contributed by atoms with Crippen molar-refractivity contribution in [3.63, 3.8) is 0 Å². The van der Waals surface area contributed by atoms with Crippen LogP contribution in [-0.4, -0.2) is 17.5 Å². The van der Waals surface area contributed by atoms with Crippen molar-refractivity contribution in [1.82, 2.24) is 0 Å². The Labute approximate surface area is 128 Å². The second-order valence-corrected chi connectivity index (χ2v) is 5.37. The number of rotatable bonds is 2. The molecular weight excluding hydrogens is 346 g/mol. The molecule has 0 fully saturated rings. The Balaban J connectivity index is 2.13. The number of oxime groups is 1. The van der Waals surface area contributed by atoms with Gasteiger partial charge in [0.25, 0.3) is 0 Å². The van der Waals surface area contributed by atoms with Crippen LogP contribution >= 0.6 is 27.5 Å². The van der Waals surface area contributed by atoms with Crippen molar-refractivity contribution in [3.8, 4) is 0 Å². The van der Waals surface area contributed by atoms with Gasteiger partial charge >= 0.3 is 5.97 Å². The summed E-state index contributed by atoms with van der Waals surface area (Å²) >= 11 is 8.99. The molecule has 1 aliphatic carbocycles. The Morgan fingerprint density at radius 2 is 1.90 bits per heavy atom. The van der Waals surface area contributed by atoms with E-state index in [4.69, 9.17) is 16.4 Å². The molecular formula is C14H9BrClNO3. The van der Waals surface area contributed by atoms with Gasteiger partial charge in [-0.25, -0.2) is 4.79 Å². The van der Waals surface area contributed by atoms with Crippen LogP contribution < -0.4 is 0 Å². The highest BCUT2D eigenvalue weighted by Crippen LogP contribution is 2.16. The molecule has 2 rings (SSSR count). The zero-order valence-corrected chi connectivity index (χ0v) is 12.7. The summed E-state index contributed by atoms with van der Waals surface area (Å²) in [5.74, 6) is -0.874. The number of allylic oxidation sites excluding steroid dienone is 4. The molecule has 0 N–H and O–H groups in total. The summed E-state index contributed by atoms with van der Waals surface area (Å²) in [6.07, 6.45) is 2.71. The number of benzene rings is 1. The number of carbonyl (C=O) groups is 2. The fourth-order valence-electron chi connectivity index (χ4n) is 1.47. The van der Waals surface area contributed by atoms with Crippen molar-refractivity contribution in [2.45, 2.75) is 6.92 Å². The number of hydrogen-bond acceptors (Lipinski definition) is 4. The molecule has 0 radical (unpaired) electrons. The minimum absolute atomic E-state index is 0.0361. The highest BCUT2D eigenvalue weighted by atomic mass is 79.9. The first-order valence-corrected chi connectivity index (χ1v) is 6.79. The van der Waals surface area contributed by atoms with Gasteiger partial charge < -0.3 is 4.84 Å². The van der Waals surface area contributed by atoms with E-state index in [1.807, 2.05) is 0 Å². The third-order valence-electron chi connectivity index (χ3n) is 2.56. The topological polar surface area (TPSA) is 55.7 Å². The van der Waals surface area contributed by atoms with E-state index >= 15 is 0 Å². The molecule has 20 heavy (non-hydrogen) atoms. The van der Waals surface area contributed by atoms with Crippen LogP contribution in [0.3, 0.4) is 0 Å². The van der Waals surface area contributed by atoms with Crippen molar-refractivity contribution in [1.29, 1.82) is 0 Å². The van der Waals surface area contributed by atoms with Crippen LogP contribution in [0.25, 0.3) is 0 Å². The average molecular weight is 355 g/mol. The number of nitrogens with zero attached hydrogens (tertiary/aromatic N) is 1. The number of carbonyl (C=O) groups excluding carboxylic acids is 2. The molecule has 6 heteroatoms. The van der Waals surface area contributed by atoms with Crippen molar-refractivity contribution >= 4 is 45.0 Å². The standard InChI is InChI=1S/C14H9BrClNO3/c1-8-6-13(18)11(16)7-12(8)17-20-14(19)9-2-4-10(15)5-3-9/h2-7H,1H3/b17-12+. The minimum atomic E-state index is -0.584. The van der Waals surface area contributed by atoms with Gasteiger partial charge in [-0.3, -0.25) is 4.79 Å². The van der Waals surface area contributed by atoms with Gasteiger partial charge in [0, 0.05) is 4.47 Å². The number of halogens is 2. The lowest BCUT2D eigenvalue weighted by Crippen LogP contribution is -2.11. The fraction of sp³-hybridized carbons (Fsp3) is 0.0714. The molecule has 1 aromatic rings. The van der Waals surface area contributed by atoms with Crippen LogP contribution in [0, 0.1) is 0 Å². The molecule has 0 bridgehead atoms.